The molecule has 2 rings (SSSR count). The molecule has 0 bridgehead atoms. The summed E-state index contributed by atoms with van der Waals surface area (Å²) in [4.78, 5) is 15.6. The SMILES string of the molecule is O=C(NCCn1ccnc1)c1csc(I)c1. The van der Waals surface area contributed by atoms with Crippen molar-refractivity contribution in [2.45, 2.75) is 6.54 Å². The predicted octanol–water partition coefficient (Wildman–Crippen LogP) is 1.98. The van der Waals surface area contributed by atoms with Crippen molar-refractivity contribution in [2.75, 3.05) is 6.54 Å². The van der Waals surface area contributed by atoms with Crippen molar-refractivity contribution >= 4 is 39.8 Å². The first-order chi connectivity index (χ1) is 7.75. The van der Waals surface area contributed by atoms with Crippen LogP contribution in [0.15, 0.2) is 30.2 Å². The van der Waals surface area contributed by atoms with Crippen molar-refractivity contribution in [2.24, 2.45) is 0 Å². The molecule has 0 radical (unpaired) electrons. The molecule has 0 aliphatic rings. The highest BCUT2D eigenvalue weighted by Gasteiger charge is 2.06. The third kappa shape index (κ3) is 3.05. The average Bonchev–Trinajstić information content (AvgIpc) is 2.89. The molecule has 2 aromatic rings. The van der Waals surface area contributed by atoms with Crippen LogP contribution in [-0.4, -0.2) is 22.0 Å². The van der Waals surface area contributed by atoms with Crippen LogP contribution >= 0.6 is 33.9 Å². The lowest BCUT2D eigenvalue weighted by Crippen LogP contribution is -2.26. The Kier molecular flexibility index (Phi) is 3.94. The Hall–Kier alpha value is -0.890. The monoisotopic (exact) mass is 347 g/mol. The molecule has 4 nitrogen and oxygen atoms in total. The van der Waals surface area contributed by atoms with Crippen molar-refractivity contribution < 1.29 is 4.79 Å². The fraction of sp³-hybridized carbons (Fsp3) is 0.200. The van der Waals surface area contributed by atoms with Gasteiger partial charge in [0.25, 0.3) is 5.91 Å². The van der Waals surface area contributed by atoms with Gasteiger partial charge in [-0.2, -0.15) is 0 Å². The molecule has 2 aromatic heterocycles. The van der Waals surface area contributed by atoms with E-state index in [1.165, 1.54) is 0 Å². The fourth-order valence-electron chi connectivity index (χ4n) is 1.25. The van der Waals surface area contributed by atoms with Crippen LogP contribution in [0.3, 0.4) is 0 Å². The highest BCUT2D eigenvalue weighted by Crippen LogP contribution is 2.16. The first-order valence-corrected chi connectivity index (χ1v) is 6.69. The molecule has 0 aromatic carbocycles. The van der Waals surface area contributed by atoms with E-state index in [0.717, 1.165) is 15.0 Å². The largest absolute Gasteiger partial charge is 0.350 e. The van der Waals surface area contributed by atoms with E-state index in [9.17, 15) is 4.79 Å². The number of nitrogens with zero attached hydrogens (tertiary/aromatic N) is 2. The number of nitrogens with one attached hydrogen (secondary N) is 1. The van der Waals surface area contributed by atoms with E-state index in [0.29, 0.717) is 6.54 Å². The Morgan fingerprint density at radius 3 is 3.12 bits per heavy atom. The van der Waals surface area contributed by atoms with Crippen LogP contribution in [0.5, 0.6) is 0 Å². The highest BCUT2D eigenvalue weighted by molar-refractivity contribution is 14.1. The van der Waals surface area contributed by atoms with E-state index in [1.54, 1.807) is 23.9 Å². The van der Waals surface area contributed by atoms with Gasteiger partial charge < -0.3 is 9.88 Å². The average molecular weight is 347 g/mol. The van der Waals surface area contributed by atoms with E-state index < -0.39 is 0 Å². The minimum Gasteiger partial charge on any atom is -0.350 e. The van der Waals surface area contributed by atoms with Gasteiger partial charge in [-0.1, -0.05) is 0 Å². The highest BCUT2D eigenvalue weighted by atomic mass is 127. The number of carbonyl (C=O) groups is 1. The van der Waals surface area contributed by atoms with Crippen molar-refractivity contribution in [1.29, 1.82) is 0 Å². The molecule has 1 amide bonds. The van der Waals surface area contributed by atoms with E-state index >= 15 is 0 Å². The summed E-state index contributed by atoms with van der Waals surface area (Å²) in [7, 11) is 0. The summed E-state index contributed by atoms with van der Waals surface area (Å²) in [5.74, 6) is -0.0146. The van der Waals surface area contributed by atoms with E-state index in [1.807, 2.05) is 22.2 Å². The maximum Gasteiger partial charge on any atom is 0.252 e. The van der Waals surface area contributed by atoms with Crippen molar-refractivity contribution in [1.82, 2.24) is 14.9 Å². The second-order valence-electron chi connectivity index (χ2n) is 3.20. The van der Waals surface area contributed by atoms with Crippen LogP contribution < -0.4 is 5.32 Å². The van der Waals surface area contributed by atoms with Crippen LogP contribution in [0, 0.1) is 2.88 Å². The number of halogens is 1. The Bertz CT molecular complexity index is 466. The third-order valence-corrected chi connectivity index (χ3v) is 3.83. The fourth-order valence-corrected chi connectivity index (χ4v) is 2.58. The molecule has 0 saturated carbocycles. The first-order valence-electron chi connectivity index (χ1n) is 4.73. The Labute approximate surface area is 111 Å². The normalized spacial score (nSPS) is 10.3. The van der Waals surface area contributed by atoms with E-state index in [-0.39, 0.29) is 5.91 Å². The lowest BCUT2D eigenvalue weighted by Gasteiger charge is -2.04. The van der Waals surface area contributed by atoms with Gasteiger partial charge in [0, 0.05) is 30.9 Å². The van der Waals surface area contributed by atoms with Gasteiger partial charge in [0.05, 0.1) is 14.8 Å². The molecule has 0 atom stereocenters. The van der Waals surface area contributed by atoms with Gasteiger partial charge in [0.1, 0.15) is 0 Å². The zero-order valence-corrected chi connectivity index (χ0v) is 11.4. The second kappa shape index (κ2) is 5.44. The predicted molar refractivity (Wildman–Crippen MR) is 71.6 cm³/mol. The Morgan fingerprint density at radius 2 is 2.50 bits per heavy atom. The van der Waals surface area contributed by atoms with Gasteiger partial charge in [-0.05, 0) is 28.7 Å². The minimum absolute atomic E-state index is 0.0146. The molecule has 0 aliphatic heterocycles. The number of hydrogen-bond acceptors (Lipinski definition) is 3. The summed E-state index contributed by atoms with van der Waals surface area (Å²) in [6.07, 6.45) is 5.34. The minimum atomic E-state index is -0.0146. The smallest absolute Gasteiger partial charge is 0.252 e. The molecule has 16 heavy (non-hydrogen) atoms. The Balaban J connectivity index is 1.80. The molecule has 0 fully saturated rings. The van der Waals surface area contributed by atoms with Gasteiger partial charge in [-0.25, -0.2) is 4.98 Å². The lowest BCUT2D eigenvalue weighted by molar-refractivity contribution is 0.0952. The Morgan fingerprint density at radius 1 is 1.62 bits per heavy atom. The number of carbonyl (C=O) groups excluding carboxylic acids is 1. The van der Waals surface area contributed by atoms with Crippen molar-refractivity contribution in [3.8, 4) is 0 Å². The zero-order valence-electron chi connectivity index (χ0n) is 8.39. The molecule has 84 valence electrons. The summed E-state index contributed by atoms with van der Waals surface area (Å²) < 4.78 is 3.05. The zero-order chi connectivity index (χ0) is 11.4. The maximum absolute atomic E-state index is 11.7. The van der Waals surface area contributed by atoms with Gasteiger partial charge >= 0.3 is 0 Å². The van der Waals surface area contributed by atoms with Crippen LogP contribution in [0.25, 0.3) is 0 Å². The molecule has 0 spiro atoms. The quantitative estimate of drug-likeness (QED) is 0.860. The number of aromatic nitrogens is 2. The second-order valence-corrected chi connectivity index (χ2v) is 6.00. The van der Waals surface area contributed by atoms with Gasteiger partial charge in [-0.15, -0.1) is 11.3 Å². The van der Waals surface area contributed by atoms with Gasteiger partial charge in [0.15, 0.2) is 0 Å². The van der Waals surface area contributed by atoms with E-state index in [2.05, 4.69) is 32.9 Å². The molecule has 1 N–H and O–H groups in total. The summed E-state index contributed by atoms with van der Waals surface area (Å²) in [5.41, 5.74) is 0.736. The molecule has 0 saturated heterocycles. The van der Waals surface area contributed by atoms with Crippen LogP contribution in [0.4, 0.5) is 0 Å². The van der Waals surface area contributed by atoms with Gasteiger partial charge in [-0.3, -0.25) is 4.79 Å². The van der Waals surface area contributed by atoms with Crippen molar-refractivity contribution in [3.05, 3.63) is 38.6 Å². The molecule has 0 aliphatic carbocycles. The standard InChI is InChI=1S/C10H10IN3OS/c11-9-5-8(6-16-9)10(15)13-2-4-14-3-1-12-7-14/h1,3,5-7H,2,4H2,(H,13,15). The molecular weight excluding hydrogens is 337 g/mol. The third-order valence-electron chi connectivity index (χ3n) is 2.04. The molecular formula is C10H10IN3OS. The molecule has 0 unspecified atom stereocenters. The number of imidazole rings is 1. The van der Waals surface area contributed by atoms with Crippen LogP contribution in [0.2, 0.25) is 0 Å². The summed E-state index contributed by atoms with van der Waals surface area (Å²) in [6, 6.07) is 1.89. The summed E-state index contributed by atoms with van der Waals surface area (Å²) in [5, 5.41) is 4.74. The number of hydrogen-bond donors (Lipinski definition) is 1. The van der Waals surface area contributed by atoms with Crippen LogP contribution in [-0.2, 0) is 6.54 Å². The summed E-state index contributed by atoms with van der Waals surface area (Å²) >= 11 is 3.78. The summed E-state index contributed by atoms with van der Waals surface area (Å²) in [6.45, 7) is 1.36. The number of thiophene rings is 1. The van der Waals surface area contributed by atoms with E-state index in [4.69, 9.17) is 0 Å². The topological polar surface area (TPSA) is 46.9 Å². The lowest BCUT2D eigenvalue weighted by atomic mass is 10.3. The molecule has 6 heteroatoms. The van der Waals surface area contributed by atoms with Crippen LogP contribution in [0.1, 0.15) is 10.4 Å². The number of rotatable bonds is 4. The van der Waals surface area contributed by atoms with Crippen molar-refractivity contribution in [3.63, 3.8) is 0 Å². The first kappa shape index (κ1) is 11.6. The van der Waals surface area contributed by atoms with Gasteiger partial charge in [0.2, 0.25) is 0 Å². The molecule has 2 heterocycles. The maximum atomic E-state index is 11.7. The number of amides is 1.